The van der Waals surface area contributed by atoms with E-state index >= 15 is 0 Å². The minimum atomic E-state index is -0.0850. The van der Waals surface area contributed by atoms with Gasteiger partial charge in [-0.15, -0.1) is 0 Å². The molecule has 4 nitrogen and oxygen atoms in total. The average Bonchev–Trinajstić information content (AvgIpc) is 2.64. The molecule has 72 valence electrons. The topological polar surface area (TPSA) is 50.9 Å². The van der Waals surface area contributed by atoms with Gasteiger partial charge in [0, 0.05) is 13.5 Å². The first-order valence-corrected chi connectivity index (χ1v) is 4.76. The SMILES string of the molecule is Cn1ncnc1CC1CCC(O)C1. The van der Waals surface area contributed by atoms with Crippen LogP contribution in [0.3, 0.4) is 0 Å². The summed E-state index contributed by atoms with van der Waals surface area (Å²) < 4.78 is 1.81. The van der Waals surface area contributed by atoms with Crippen LogP contribution in [0.5, 0.6) is 0 Å². The Labute approximate surface area is 77.6 Å². The van der Waals surface area contributed by atoms with Gasteiger partial charge in [0.2, 0.25) is 0 Å². The lowest BCUT2D eigenvalue weighted by Gasteiger charge is -2.07. The van der Waals surface area contributed by atoms with Crippen LogP contribution in [0.1, 0.15) is 25.1 Å². The molecule has 0 amide bonds. The highest BCUT2D eigenvalue weighted by atomic mass is 16.3. The number of hydrogen-bond donors (Lipinski definition) is 1. The number of aryl methyl sites for hydroxylation is 1. The quantitative estimate of drug-likeness (QED) is 0.723. The highest BCUT2D eigenvalue weighted by Crippen LogP contribution is 2.27. The predicted molar refractivity (Wildman–Crippen MR) is 48.1 cm³/mol. The number of hydrogen-bond acceptors (Lipinski definition) is 3. The normalized spacial score (nSPS) is 28.2. The monoisotopic (exact) mass is 181 g/mol. The Kier molecular flexibility index (Phi) is 2.31. The molecule has 2 atom stereocenters. The van der Waals surface area contributed by atoms with Gasteiger partial charge in [-0.1, -0.05) is 0 Å². The zero-order valence-corrected chi connectivity index (χ0v) is 7.85. The molecule has 0 aliphatic heterocycles. The lowest BCUT2D eigenvalue weighted by Crippen LogP contribution is -2.08. The molecule has 1 N–H and O–H groups in total. The molecule has 0 saturated heterocycles. The third-order valence-electron chi connectivity index (χ3n) is 2.79. The average molecular weight is 181 g/mol. The summed E-state index contributed by atoms with van der Waals surface area (Å²) in [5.41, 5.74) is 0. The van der Waals surface area contributed by atoms with Gasteiger partial charge in [0.05, 0.1) is 6.10 Å². The van der Waals surface area contributed by atoms with Crippen LogP contribution in [-0.2, 0) is 13.5 Å². The fraction of sp³-hybridized carbons (Fsp3) is 0.778. The highest BCUT2D eigenvalue weighted by Gasteiger charge is 2.23. The van der Waals surface area contributed by atoms with Crippen LogP contribution in [0.4, 0.5) is 0 Å². The van der Waals surface area contributed by atoms with Crippen LogP contribution in [-0.4, -0.2) is 26.0 Å². The van der Waals surface area contributed by atoms with E-state index in [1.165, 1.54) is 0 Å². The van der Waals surface area contributed by atoms with Crippen molar-refractivity contribution in [2.75, 3.05) is 0 Å². The van der Waals surface area contributed by atoms with E-state index in [2.05, 4.69) is 10.1 Å². The zero-order chi connectivity index (χ0) is 9.26. The zero-order valence-electron chi connectivity index (χ0n) is 7.85. The van der Waals surface area contributed by atoms with Crippen molar-refractivity contribution in [3.63, 3.8) is 0 Å². The first-order chi connectivity index (χ1) is 6.25. The third-order valence-corrected chi connectivity index (χ3v) is 2.79. The highest BCUT2D eigenvalue weighted by molar-refractivity contribution is 4.89. The number of nitrogens with zero attached hydrogens (tertiary/aromatic N) is 3. The lowest BCUT2D eigenvalue weighted by atomic mass is 10.0. The van der Waals surface area contributed by atoms with Gasteiger partial charge < -0.3 is 5.11 Å². The Morgan fingerprint density at radius 1 is 1.62 bits per heavy atom. The molecule has 0 aromatic carbocycles. The van der Waals surface area contributed by atoms with Crippen molar-refractivity contribution in [1.29, 1.82) is 0 Å². The van der Waals surface area contributed by atoms with Crippen LogP contribution in [0.15, 0.2) is 6.33 Å². The smallest absolute Gasteiger partial charge is 0.138 e. The van der Waals surface area contributed by atoms with Gasteiger partial charge in [0.1, 0.15) is 12.2 Å². The molecule has 0 spiro atoms. The fourth-order valence-electron chi connectivity index (χ4n) is 2.00. The standard InChI is InChI=1S/C9H15N3O/c1-12-9(10-6-11-12)5-7-2-3-8(13)4-7/h6-8,13H,2-5H2,1H3. The lowest BCUT2D eigenvalue weighted by molar-refractivity contribution is 0.177. The molecule has 13 heavy (non-hydrogen) atoms. The van der Waals surface area contributed by atoms with E-state index in [0.717, 1.165) is 31.5 Å². The maximum Gasteiger partial charge on any atom is 0.138 e. The summed E-state index contributed by atoms with van der Waals surface area (Å²) in [6, 6.07) is 0. The second kappa shape index (κ2) is 3.46. The Morgan fingerprint density at radius 3 is 3.00 bits per heavy atom. The van der Waals surface area contributed by atoms with E-state index in [-0.39, 0.29) is 6.10 Å². The minimum absolute atomic E-state index is 0.0850. The Balaban J connectivity index is 1.95. The summed E-state index contributed by atoms with van der Waals surface area (Å²) >= 11 is 0. The third kappa shape index (κ3) is 1.88. The molecule has 1 aromatic heterocycles. The van der Waals surface area contributed by atoms with E-state index in [4.69, 9.17) is 0 Å². The molecule has 2 unspecified atom stereocenters. The predicted octanol–water partition coefficient (Wildman–Crippen LogP) is 0.519. The summed E-state index contributed by atoms with van der Waals surface area (Å²) in [6.45, 7) is 0. The van der Waals surface area contributed by atoms with Gasteiger partial charge in [0.25, 0.3) is 0 Å². The van der Waals surface area contributed by atoms with Crippen molar-refractivity contribution < 1.29 is 5.11 Å². The van der Waals surface area contributed by atoms with E-state index in [9.17, 15) is 5.11 Å². The van der Waals surface area contributed by atoms with Gasteiger partial charge in [-0.3, -0.25) is 4.68 Å². The molecule has 2 rings (SSSR count). The van der Waals surface area contributed by atoms with Gasteiger partial charge in [-0.2, -0.15) is 5.10 Å². The summed E-state index contributed by atoms with van der Waals surface area (Å²) in [6.07, 6.45) is 5.44. The Bertz CT molecular complexity index is 284. The largest absolute Gasteiger partial charge is 0.393 e. The van der Waals surface area contributed by atoms with E-state index < -0.39 is 0 Å². The van der Waals surface area contributed by atoms with Crippen molar-refractivity contribution >= 4 is 0 Å². The number of rotatable bonds is 2. The van der Waals surface area contributed by atoms with Crippen molar-refractivity contribution in [3.05, 3.63) is 12.2 Å². The first-order valence-electron chi connectivity index (χ1n) is 4.76. The fourth-order valence-corrected chi connectivity index (χ4v) is 2.00. The molecule has 1 heterocycles. The first kappa shape index (κ1) is 8.69. The van der Waals surface area contributed by atoms with Crippen LogP contribution in [0.2, 0.25) is 0 Å². The van der Waals surface area contributed by atoms with Crippen LogP contribution < -0.4 is 0 Å². The van der Waals surface area contributed by atoms with Crippen molar-refractivity contribution in [3.8, 4) is 0 Å². The second-order valence-corrected chi connectivity index (χ2v) is 3.84. The summed E-state index contributed by atoms with van der Waals surface area (Å²) in [5.74, 6) is 1.62. The minimum Gasteiger partial charge on any atom is -0.393 e. The van der Waals surface area contributed by atoms with Crippen molar-refractivity contribution in [1.82, 2.24) is 14.8 Å². The van der Waals surface area contributed by atoms with E-state index in [0.29, 0.717) is 5.92 Å². The maximum absolute atomic E-state index is 9.35. The second-order valence-electron chi connectivity index (χ2n) is 3.84. The Hall–Kier alpha value is -0.900. The molecule has 0 radical (unpaired) electrons. The summed E-state index contributed by atoms with van der Waals surface area (Å²) in [7, 11) is 1.91. The molecule has 1 saturated carbocycles. The van der Waals surface area contributed by atoms with Crippen LogP contribution in [0.25, 0.3) is 0 Å². The number of aromatic nitrogens is 3. The molecule has 0 bridgehead atoms. The summed E-state index contributed by atoms with van der Waals surface area (Å²) in [5, 5.41) is 13.4. The van der Waals surface area contributed by atoms with Crippen LogP contribution in [0, 0.1) is 5.92 Å². The van der Waals surface area contributed by atoms with Gasteiger partial charge in [0.15, 0.2) is 0 Å². The van der Waals surface area contributed by atoms with Crippen LogP contribution >= 0.6 is 0 Å². The Morgan fingerprint density at radius 2 is 2.46 bits per heavy atom. The van der Waals surface area contributed by atoms with Crippen molar-refractivity contribution in [2.24, 2.45) is 13.0 Å². The molecular weight excluding hydrogens is 166 g/mol. The molecule has 1 aliphatic carbocycles. The van der Waals surface area contributed by atoms with E-state index in [1.54, 1.807) is 6.33 Å². The number of aliphatic hydroxyl groups is 1. The van der Waals surface area contributed by atoms with E-state index in [1.807, 2.05) is 11.7 Å². The maximum atomic E-state index is 9.35. The molecule has 4 heteroatoms. The molecule has 1 aromatic rings. The van der Waals surface area contributed by atoms with Gasteiger partial charge in [-0.05, 0) is 25.2 Å². The molecule has 1 aliphatic rings. The summed E-state index contributed by atoms with van der Waals surface area (Å²) in [4.78, 5) is 4.17. The van der Waals surface area contributed by atoms with Gasteiger partial charge >= 0.3 is 0 Å². The van der Waals surface area contributed by atoms with Crippen molar-refractivity contribution in [2.45, 2.75) is 31.8 Å². The molecule has 1 fully saturated rings. The molecular formula is C9H15N3O. The number of aliphatic hydroxyl groups excluding tert-OH is 1. The van der Waals surface area contributed by atoms with Gasteiger partial charge in [-0.25, -0.2) is 4.98 Å².